The smallest absolute Gasteiger partial charge is 0.257 e. The van der Waals surface area contributed by atoms with Gasteiger partial charge in [-0.15, -0.1) is 0 Å². The minimum atomic E-state index is -0.493. The summed E-state index contributed by atoms with van der Waals surface area (Å²) in [7, 11) is 0. The standard InChI is InChI=1S/C13H20FN3O/c1-4-7-15-12-11(8-10(14)9-16-12)13(18)17(5-2)6-3/h8-9H,4-7H2,1-3H3,(H,15,16). The molecule has 0 unspecified atom stereocenters. The fourth-order valence-electron chi connectivity index (χ4n) is 1.67. The zero-order chi connectivity index (χ0) is 13.5. The summed E-state index contributed by atoms with van der Waals surface area (Å²) in [6.45, 7) is 7.71. The molecule has 1 rings (SSSR count). The molecule has 1 aromatic heterocycles. The van der Waals surface area contributed by atoms with E-state index in [-0.39, 0.29) is 5.91 Å². The van der Waals surface area contributed by atoms with Crippen molar-refractivity contribution >= 4 is 11.7 Å². The monoisotopic (exact) mass is 253 g/mol. The van der Waals surface area contributed by atoms with Crippen LogP contribution in [0.15, 0.2) is 12.3 Å². The third kappa shape index (κ3) is 3.42. The van der Waals surface area contributed by atoms with Gasteiger partial charge >= 0.3 is 0 Å². The van der Waals surface area contributed by atoms with Crippen molar-refractivity contribution in [3.8, 4) is 0 Å². The molecule has 0 saturated heterocycles. The highest BCUT2D eigenvalue weighted by atomic mass is 19.1. The van der Waals surface area contributed by atoms with Crippen molar-refractivity contribution in [2.24, 2.45) is 0 Å². The third-order valence-electron chi connectivity index (χ3n) is 2.68. The molecular formula is C13H20FN3O. The number of carbonyl (C=O) groups is 1. The largest absolute Gasteiger partial charge is 0.369 e. The third-order valence-corrected chi connectivity index (χ3v) is 2.68. The average Bonchev–Trinajstić information content (AvgIpc) is 2.38. The zero-order valence-corrected chi connectivity index (χ0v) is 11.2. The van der Waals surface area contributed by atoms with E-state index in [0.29, 0.717) is 31.0 Å². The Hall–Kier alpha value is -1.65. The lowest BCUT2D eigenvalue weighted by Gasteiger charge is -2.20. The van der Waals surface area contributed by atoms with E-state index < -0.39 is 5.82 Å². The van der Waals surface area contributed by atoms with Crippen molar-refractivity contribution in [1.29, 1.82) is 0 Å². The van der Waals surface area contributed by atoms with Crippen LogP contribution < -0.4 is 5.32 Å². The van der Waals surface area contributed by atoms with Gasteiger partial charge in [0.2, 0.25) is 0 Å². The molecule has 1 aromatic rings. The predicted octanol–water partition coefficient (Wildman–Crippen LogP) is 2.52. The van der Waals surface area contributed by atoms with E-state index in [9.17, 15) is 9.18 Å². The van der Waals surface area contributed by atoms with Crippen LogP contribution in [0.5, 0.6) is 0 Å². The molecule has 0 fully saturated rings. The summed E-state index contributed by atoms with van der Waals surface area (Å²) in [5, 5.41) is 3.05. The van der Waals surface area contributed by atoms with E-state index in [1.165, 1.54) is 6.07 Å². The van der Waals surface area contributed by atoms with Crippen LogP contribution in [0.4, 0.5) is 10.2 Å². The number of hydrogen-bond acceptors (Lipinski definition) is 3. The van der Waals surface area contributed by atoms with Crippen LogP contribution in [0.25, 0.3) is 0 Å². The van der Waals surface area contributed by atoms with Gasteiger partial charge in [-0.3, -0.25) is 4.79 Å². The zero-order valence-electron chi connectivity index (χ0n) is 11.2. The second-order valence-corrected chi connectivity index (χ2v) is 3.95. The van der Waals surface area contributed by atoms with E-state index in [4.69, 9.17) is 0 Å². The number of rotatable bonds is 6. The number of nitrogens with zero attached hydrogens (tertiary/aromatic N) is 2. The number of amides is 1. The quantitative estimate of drug-likeness (QED) is 0.847. The van der Waals surface area contributed by atoms with Gasteiger partial charge in [-0.1, -0.05) is 6.92 Å². The fourth-order valence-corrected chi connectivity index (χ4v) is 1.67. The van der Waals surface area contributed by atoms with Crippen molar-refractivity contribution in [2.75, 3.05) is 25.0 Å². The Bertz CT molecular complexity index is 405. The Morgan fingerprint density at radius 3 is 2.61 bits per heavy atom. The minimum absolute atomic E-state index is 0.189. The normalized spacial score (nSPS) is 10.2. The first-order valence-corrected chi connectivity index (χ1v) is 6.32. The minimum Gasteiger partial charge on any atom is -0.369 e. The molecule has 0 aromatic carbocycles. The fraction of sp³-hybridized carbons (Fsp3) is 0.538. The molecule has 1 amide bonds. The predicted molar refractivity (Wildman–Crippen MR) is 70.2 cm³/mol. The van der Waals surface area contributed by atoms with Gasteiger partial charge < -0.3 is 10.2 Å². The summed E-state index contributed by atoms with van der Waals surface area (Å²) in [6.07, 6.45) is 2.04. The van der Waals surface area contributed by atoms with Gasteiger partial charge in [-0.2, -0.15) is 0 Å². The second kappa shape index (κ2) is 6.93. The van der Waals surface area contributed by atoms with E-state index in [2.05, 4.69) is 10.3 Å². The maximum absolute atomic E-state index is 13.2. The van der Waals surface area contributed by atoms with Crippen LogP contribution in [0.1, 0.15) is 37.6 Å². The van der Waals surface area contributed by atoms with E-state index in [1.807, 2.05) is 20.8 Å². The molecule has 0 saturated carbocycles. The lowest BCUT2D eigenvalue weighted by Crippen LogP contribution is -2.31. The Balaban J connectivity index is 3.03. The first-order chi connectivity index (χ1) is 8.63. The van der Waals surface area contributed by atoms with Crippen molar-refractivity contribution in [2.45, 2.75) is 27.2 Å². The van der Waals surface area contributed by atoms with Crippen LogP contribution in [-0.4, -0.2) is 35.4 Å². The highest BCUT2D eigenvalue weighted by Crippen LogP contribution is 2.16. The molecule has 0 aliphatic carbocycles. The van der Waals surface area contributed by atoms with Gasteiger partial charge in [0, 0.05) is 19.6 Å². The van der Waals surface area contributed by atoms with E-state index >= 15 is 0 Å². The average molecular weight is 253 g/mol. The molecule has 0 bridgehead atoms. The molecule has 5 heteroatoms. The topological polar surface area (TPSA) is 45.2 Å². The molecule has 0 aliphatic rings. The summed E-state index contributed by atoms with van der Waals surface area (Å²) in [6, 6.07) is 1.24. The number of halogens is 1. The SMILES string of the molecule is CCCNc1ncc(F)cc1C(=O)N(CC)CC. The van der Waals surface area contributed by atoms with E-state index in [0.717, 1.165) is 12.6 Å². The van der Waals surface area contributed by atoms with Crippen molar-refractivity contribution in [3.05, 3.63) is 23.6 Å². The molecule has 0 aliphatic heterocycles. The van der Waals surface area contributed by atoms with Gasteiger partial charge in [0.05, 0.1) is 11.8 Å². The maximum atomic E-state index is 13.2. The van der Waals surface area contributed by atoms with Gasteiger partial charge in [-0.25, -0.2) is 9.37 Å². The molecule has 0 spiro atoms. The Labute approximate surface area is 107 Å². The van der Waals surface area contributed by atoms with Crippen molar-refractivity contribution < 1.29 is 9.18 Å². The van der Waals surface area contributed by atoms with Crippen molar-refractivity contribution in [3.63, 3.8) is 0 Å². The van der Waals surface area contributed by atoms with Gasteiger partial charge in [0.1, 0.15) is 11.6 Å². The molecule has 4 nitrogen and oxygen atoms in total. The summed E-state index contributed by atoms with van der Waals surface area (Å²) in [5.74, 6) is -0.228. The van der Waals surface area contributed by atoms with Crippen molar-refractivity contribution in [1.82, 2.24) is 9.88 Å². The lowest BCUT2D eigenvalue weighted by atomic mass is 10.2. The number of aromatic nitrogens is 1. The Morgan fingerprint density at radius 1 is 1.39 bits per heavy atom. The van der Waals surface area contributed by atoms with Crippen LogP contribution >= 0.6 is 0 Å². The lowest BCUT2D eigenvalue weighted by molar-refractivity contribution is 0.0773. The Kier molecular flexibility index (Phi) is 5.55. The highest BCUT2D eigenvalue weighted by molar-refractivity contribution is 5.98. The molecule has 0 atom stereocenters. The second-order valence-electron chi connectivity index (χ2n) is 3.95. The van der Waals surface area contributed by atoms with Gasteiger partial charge in [-0.05, 0) is 26.3 Å². The van der Waals surface area contributed by atoms with E-state index in [1.54, 1.807) is 4.90 Å². The number of pyridine rings is 1. The van der Waals surface area contributed by atoms with Crippen LogP contribution in [-0.2, 0) is 0 Å². The summed E-state index contributed by atoms with van der Waals surface area (Å²) < 4.78 is 13.2. The molecular weight excluding hydrogens is 233 g/mol. The summed E-state index contributed by atoms with van der Waals surface area (Å²) in [4.78, 5) is 17.8. The number of anilines is 1. The molecule has 1 N–H and O–H groups in total. The molecule has 18 heavy (non-hydrogen) atoms. The molecule has 1 heterocycles. The number of carbonyl (C=O) groups excluding carboxylic acids is 1. The van der Waals surface area contributed by atoms with Gasteiger partial charge in [0.15, 0.2) is 0 Å². The first kappa shape index (κ1) is 14.4. The van der Waals surface area contributed by atoms with Crippen LogP contribution in [0.2, 0.25) is 0 Å². The number of nitrogens with one attached hydrogen (secondary N) is 1. The molecule has 0 radical (unpaired) electrons. The molecule has 100 valence electrons. The van der Waals surface area contributed by atoms with Crippen LogP contribution in [0.3, 0.4) is 0 Å². The van der Waals surface area contributed by atoms with Gasteiger partial charge in [0.25, 0.3) is 5.91 Å². The Morgan fingerprint density at radius 2 is 2.06 bits per heavy atom. The first-order valence-electron chi connectivity index (χ1n) is 6.32. The highest BCUT2D eigenvalue weighted by Gasteiger charge is 2.18. The maximum Gasteiger partial charge on any atom is 0.257 e. The summed E-state index contributed by atoms with van der Waals surface area (Å²) in [5.41, 5.74) is 0.298. The summed E-state index contributed by atoms with van der Waals surface area (Å²) >= 11 is 0. The number of hydrogen-bond donors (Lipinski definition) is 1. The van der Waals surface area contributed by atoms with Crippen LogP contribution in [0, 0.1) is 5.82 Å².